The number of unbranched alkanes of at least 4 members (excludes halogenated alkanes) is 1. The predicted molar refractivity (Wildman–Crippen MR) is 134 cm³/mol. The van der Waals surface area contributed by atoms with Crippen molar-refractivity contribution in [1.29, 1.82) is 0 Å². The van der Waals surface area contributed by atoms with Gasteiger partial charge in [-0.25, -0.2) is 9.97 Å². The van der Waals surface area contributed by atoms with Crippen LogP contribution in [0.25, 0.3) is 20.9 Å². The third kappa shape index (κ3) is 9.45. The average Bonchev–Trinajstić information content (AvgIpc) is 3.45. The highest BCUT2D eigenvalue weighted by atomic mass is 32.2. The minimum absolute atomic E-state index is 0.689. The highest BCUT2D eigenvalue weighted by Gasteiger charge is 2.12. The number of hydrogen-bond acceptors (Lipinski definition) is 5. The molecule has 0 aliphatic rings. The Kier molecular flexibility index (Phi) is 13.1. The molecule has 0 amide bonds. The maximum atomic E-state index is 12.1. The van der Waals surface area contributed by atoms with Crippen molar-refractivity contribution in [1.82, 2.24) is 9.97 Å². The van der Waals surface area contributed by atoms with Crippen molar-refractivity contribution in [3.05, 3.63) is 96.1 Å². The summed E-state index contributed by atoms with van der Waals surface area (Å²) in [6.45, 7) is 14.9. The van der Waals surface area contributed by atoms with E-state index in [2.05, 4.69) is 89.4 Å². The molecule has 0 saturated carbocycles. The van der Waals surface area contributed by atoms with E-state index in [9.17, 15) is 4.21 Å². The zero-order valence-electron chi connectivity index (χ0n) is 17.4. The molecule has 0 N–H and O–H groups in total. The Hall–Kier alpha value is -3.17. The number of hydrogen-bond donors (Lipinski definition) is 0. The van der Waals surface area contributed by atoms with Gasteiger partial charge in [0.05, 0.1) is 21.4 Å². The molecule has 1 atom stereocenters. The van der Waals surface area contributed by atoms with Crippen molar-refractivity contribution in [2.75, 3.05) is 5.75 Å². The molecule has 3 aromatic rings. The molecule has 0 aliphatic heterocycles. The topological polar surface area (TPSA) is 42.9 Å². The minimum atomic E-state index is -0.989. The van der Waals surface area contributed by atoms with Crippen LogP contribution in [0.4, 0.5) is 0 Å². The lowest BCUT2D eigenvalue weighted by Gasteiger charge is -1.94. The van der Waals surface area contributed by atoms with Gasteiger partial charge in [0.25, 0.3) is 0 Å². The van der Waals surface area contributed by atoms with Crippen molar-refractivity contribution in [2.45, 2.75) is 24.1 Å². The molecule has 0 saturated heterocycles. The van der Waals surface area contributed by atoms with Crippen LogP contribution in [0.3, 0.4) is 0 Å². The van der Waals surface area contributed by atoms with Gasteiger partial charge in [-0.2, -0.15) is 0 Å². The monoisotopic (exact) mass is 462 g/mol. The SMILES string of the molecule is C=C=C.C=C=C=C=C=C=C=C.CCCCS(=O)c1nc2ccc(-c3cccs3)nc2s1. The van der Waals surface area contributed by atoms with E-state index in [1.54, 1.807) is 11.3 Å². The van der Waals surface area contributed by atoms with Crippen LogP contribution in [0, 0.1) is 0 Å². The van der Waals surface area contributed by atoms with Crippen LogP contribution >= 0.6 is 22.7 Å². The number of nitrogens with zero attached hydrogens (tertiary/aromatic N) is 2. The zero-order valence-corrected chi connectivity index (χ0v) is 19.8. The van der Waals surface area contributed by atoms with Gasteiger partial charge in [-0.1, -0.05) is 55.4 Å². The van der Waals surface area contributed by atoms with E-state index < -0.39 is 10.8 Å². The van der Waals surface area contributed by atoms with Gasteiger partial charge >= 0.3 is 0 Å². The van der Waals surface area contributed by atoms with Crippen molar-refractivity contribution in [2.24, 2.45) is 0 Å². The minimum Gasteiger partial charge on any atom is -0.252 e. The third-order valence-corrected chi connectivity index (χ3v) is 6.85. The molecule has 0 radical (unpaired) electrons. The summed E-state index contributed by atoms with van der Waals surface area (Å²) < 4.78 is 12.8. The van der Waals surface area contributed by atoms with E-state index in [1.165, 1.54) is 11.3 Å². The Balaban J connectivity index is 0.000000368. The van der Waals surface area contributed by atoms with Crippen LogP contribution in [-0.2, 0) is 10.8 Å². The van der Waals surface area contributed by atoms with Gasteiger partial charge in [0.1, 0.15) is 10.3 Å². The molecule has 156 valence electrons. The van der Waals surface area contributed by atoms with Crippen molar-refractivity contribution in [3.8, 4) is 10.6 Å². The molecular formula is C25H22N2OS3. The highest BCUT2D eigenvalue weighted by Crippen LogP contribution is 2.28. The number of fused-ring (bicyclic) bond motifs is 1. The second-order valence-electron chi connectivity index (χ2n) is 5.48. The summed E-state index contributed by atoms with van der Waals surface area (Å²) in [5, 5.41) is 2.04. The van der Waals surface area contributed by atoms with Crippen molar-refractivity contribution in [3.63, 3.8) is 0 Å². The van der Waals surface area contributed by atoms with E-state index in [0.29, 0.717) is 10.1 Å². The number of thiophene rings is 1. The molecule has 1 unspecified atom stereocenters. The number of rotatable bonds is 5. The average molecular weight is 463 g/mol. The van der Waals surface area contributed by atoms with E-state index in [4.69, 9.17) is 0 Å². The first-order valence-electron chi connectivity index (χ1n) is 9.14. The van der Waals surface area contributed by atoms with Gasteiger partial charge in [0.15, 0.2) is 4.34 Å². The maximum absolute atomic E-state index is 12.1. The fourth-order valence-electron chi connectivity index (χ4n) is 1.97. The molecule has 3 heterocycles. The Morgan fingerprint density at radius 2 is 1.68 bits per heavy atom. The van der Waals surface area contributed by atoms with Crippen LogP contribution in [0.1, 0.15) is 19.8 Å². The predicted octanol–water partition coefficient (Wildman–Crippen LogP) is 7.02. The normalized spacial score (nSPS) is 9.45. The Morgan fingerprint density at radius 1 is 1.00 bits per heavy atom. The molecule has 6 heteroatoms. The fraction of sp³-hybridized carbons (Fsp3) is 0.160. The standard InChI is InChI=1S/C14H14N2OS3.C8H4.C3H4/c1-2-3-9-20(17)14-16-11-7-6-10(15-13(11)19-14)12-5-4-8-18-12;1-3-5-7-8-6-4-2;1-3-2/h4-8H,2-3,9H2,1H3;1-2H2;1-2H2. The molecule has 3 aromatic heterocycles. The molecular weight excluding hydrogens is 440 g/mol. The summed E-state index contributed by atoms with van der Waals surface area (Å²) >= 11 is 3.12. The zero-order chi connectivity index (χ0) is 22.9. The van der Waals surface area contributed by atoms with E-state index in [0.717, 1.165) is 33.8 Å². The van der Waals surface area contributed by atoms with E-state index in [1.807, 2.05) is 23.6 Å². The summed E-state index contributed by atoms with van der Waals surface area (Å²) in [5.41, 5.74) is 18.5. The van der Waals surface area contributed by atoms with Crippen LogP contribution in [0.2, 0.25) is 0 Å². The second-order valence-corrected chi connectivity index (χ2v) is 9.15. The quantitative estimate of drug-likeness (QED) is 0.383. The second kappa shape index (κ2) is 15.6. The first kappa shape index (κ1) is 25.9. The lowest BCUT2D eigenvalue weighted by molar-refractivity contribution is 0.679. The molecule has 0 spiro atoms. The van der Waals surface area contributed by atoms with Crippen LogP contribution in [-0.4, -0.2) is 19.9 Å². The van der Waals surface area contributed by atoms with Crippen molar-refractivity contribution < 1.29 is 4.21 Å². The van der Waals surface area contributed by atoms with E-state index >= 15 is 0 Å². The molecule has 0 fully saturated rings. The lowest BCUT2D eigenvalue weighted by atomic mass is 10.3. The van der Waals surface area contributed by atoms with Gasteiger partial charge in [-0.15, -0.1) is 17.1 Å². The lowest BCUT2D eigenvalue weighted by Crippen LogP contribution is -1.96. The van der Waals surface area contributed by atoms with Crippen LogP contribution in [0.15, 0.2) is 100 Å². The van der Waals surface area contributed by atoms with Gasteiger partial charge < -0.3 is 0 Å². The maximum Gasteiger partial charge on any atom is 0.183 e. The Labute approximate surface area is 194 Å². The molecule has 0 bridgehead atoms. The van der Waals surface area contributed by atoms with Crippen molar-refractivity contribution >= 4 is 43.8 Å². The first-order chi connectivity index (χ1) is 15.1. The smallest absolute Gasteiger partial charge is 0.183 e. The summed E-state index contributed by atoms with van der Waals surface area (Å²) in [5.74, 6) is 0.689. The highest BCUT2D eigenvalue weighted by molar-refractivity contribution is 7.87. The first-order valence-corrected chi connectivity index (χ1v) is 12.2. The molecule has 0 aliphatic carbocycles. The van der Waals surface area contributed by atoms with Gasteiger partial charge in [0, 0.05) is 5.75 Å². The van der Waals surface area contributed by atoms with Gasteiger partial charge in [-0.3, -0.25) is 4.21 Å². The van der Waals surface area contributed by atoms with Crippen LogP contribution in [0.5, 0.6) is 0 Å². The molecule has 3 rings (SSSR count). The fourth-order valence-corrected chi connectivity index (χ4v) is 5.12. The molecule has 3 nitrogen and oxygen atoms in total. The van der Waals surface area contributed by atoms with Crippen LogP contribution < -0.4 is 0 Å². The van der Waals surface area contributed by atoms with Gasteiger partial charge in [-0.05, 0) is 66.1 Å². The number of aromatic nitrogens is 2. The summed E-state index contributed by atoms with van der Waals surface area (Å²) in [6.07, 6.45) is 2.02. The van der Waals surface area contributed by atoms with E-state index in [-0.39, 0.29) is 0 Å². The Morgan fingerprint density at radius 3 is 2.23 bits per heavy atom. The molecule has 31 heavy (non-hydrogen) atoms. The summed E-state index contributed by atoms with van der Waals surface area (Å²) in [7, 11) is -0.989. The summed E-state index contributed by atoms with van der Waals surface area (Å²) in [6, 6.07) is 8.02. The molecule has 0 aromatic carbocycles. The summed E-state index contributed by atoms with van der Waals surface area (Å²) in [4.78, 5) is 11.1. The number of thiazole rings is 1. The Bertz CT molecular complexity index is 1230. The third-order valence-electron chi connectivity index (χ3n) is 3.25. The van der Waals surface area contributed by atoms with Gasteiger partial charge in [0.2, 0.25) is 0 Å². The largest absolute Gasteiger partial charge is 0.252 e. The number of pyridine rings is 1.